The molecule has 140 valence electrons. The Labute approximate surface area is 161 Å². The van der Waals surface area contributed by atoms with E-state index >= 15 is 0 Å². The van der Waals surface area contributed by atoms with Crippen LogP contribution in [-0.2, 0) is 20.4 Å². The van der Waals surface area contributed by atoms with E-state index in [1.807, 2.05) is 37.3 Å². The lowest BCUT2D eigenvalue weighted by atomic mass is 10.2. The maximum atomic E-state index is 12.8. The highest BCUT2D eigenvalue weighted by Gasteiger charge is 2.22. The first kappa shape index (κ1) is 19.1. The number of hydrogen-bond acceptors (Lipinski definition) is 6. The molecule has 0 aliphatic heterocycles. The van der Waals surface area contributed by atoms with Gasteiger partial charge in [-0.2, -0.15) is 0 Å². The number of nitrogens with zero attached hydrogens (tertiary/aromatic N) is 3. The van der Waals surface area contributed by atoms with Crippen LogP contribution in [0.3, 0.4) is 0 Å². The Kier molecular flexibility index (Phi) is 5.62. The van der Waals surface area contributed by atoms with Crippen LogP contribution < -0.4 is 5.73 Å². The number of nitrogens with two attached hydrogens (primary N) is 1. The van der Waals surface area contributed by atoms with Crippen molar-refractivity contribution in [2.75, 3.05) is 5.75 Å². The van der Waals surface area contributed by atoms with Crippen LogP contribution in [0.2, 0.25) is 0 Å². The topological polar surface area (TPSA) is 108 Å². The number of aromatic nitrogens is 3. The molecule has 27 heavy (non-hydrogen) atoms. The van der Waals surface area contributed by atoms with E-state index in [1.165, 1.54) is 0 Å². The Hall–Kier alpha value is -2.65. The first-order valence-corrected chi connectivity index (χ1v) is 10.7. The van der Waals surface area contributed by atoms with Gasteiger partial charge in [0.1, 0.15) is 5.75 Å². The summed E-state index contributed by atoms with van der Waals surface area (Å²) in [6.45, 7) is 1.89. The standard InChI is InChI=1S/C18H18N4O3S2/c1-13-7-9-15(10-8-13)27(24,25)12-17-20-21-18(26-11-16(19)23)22(17)14-5-3-2-4-6-14/h2-10H,11-12H2,1H3,(H2,19,23). The first-order valence-electron chi connectivity index (χ1n) is 8.07. The van der Waals surface area contributed by atoms with Crippen molar-refractivity contribution in [3.8, 4) is 5.69 Å². The summed E-state index contributed by atoms with van der Waals surface area (Å²) in [5.41, 5.74) is 6.90. The second-order valence-corrected chi connectivity index (χ2v) is 8.83. The molecule has 0 bridgehead atoms. The Bertz CT molecular complexity index is 1050. The number of thioether (sulfide) groups is 1. The molecule has 1 heterocycles. The second-order valence-electron chi connectivity index (χ2n) is 5.90. The monoisotopic (exact) mass is 402 g/mol. The molecule has 3 rings (SSSR count). The lowest BCUT2D eigenvalue weighted by Crippen LogP contribution is -2.14. The molecule has 9 heteroatoms. The summed E-state index contributed by atoms with van der Waals surface area (Å²) in [7, 11) is -3.60. The quantitative estimate of drug-likeness (QED) is 0.607. The molecule has 2 N–H and O–H groups in total. The van der Waals surface area contributed by atoms with Gasteiger partial charge >= 0.3 is 0 Å². The normalized spacial score (nSPS) is 11.4. The van der Waals surface area contributed by atoms with E-state index in [-0.39, 0.29) is 22.2 Å². The SMILES string of the molecule is Cc1ccc(S(=O)(=O)Cc2nnc(SCC(N)=O)n2-c2ccccc2)cc1. The smallest absolute Gasteiger partial charge is 0.227 e. The summed E-state index contributed by atoms with van der Waals surface area (Å²) in [6.07, 6.45) is 0. The molecule has 3 aromatic rings. The Balaban J connectivity index is 2.00. The van der Waals surface area contributed by atoms with Gasteiger partial charge in [0.15, 0.2) is 20.8 Å². The lowest BCUT2D eigenvalue weighted by molar-refractivity contribution is -0.115. The van der Waals surface area contributed by atoms with Crippen molar-refractivity contribution < 1.29 is 13.2 Å². The number of sulfone groups is 1. The van der Waals surface area contributed by atoms with Gasteiger partial charge in [0.2, 0.25) is 5.91 Å². The molecule has 0 aliphatic carbocycles. The van der Waals surface area contributed by atoms with E-state index in [0.29, 0.717) is 10.8 Å². The van der Waals surface area contributed by atoms with Crippen LogP contribution in [-0.4, -0.2) is 34.8 Å². The van der Waals surface area contributed by atoms with Crippen LogP contribution in [0.15, 0.2) is 64.6 Å². The van der Waals surface area contributed by atoms with Crippen molar-refractivity contribution in [3.05, 3.63) is 66.0 Å². The van der Waals surface area contributed by atoms with E-state index in [9.17, 15) is 13.2 Å². The number of rotatable bonds is 7. The number of amides is 1. The zero-order valence-corrected chi connectivity index (χ0v) is 16.2. The second kappa shape index (κ2) is 7.93. The van der Waals surface area contributed by atoms with Crippen molar-refractivity contribution >= 4 is 27.5 Å². The summed E-state index contributed by atoms with van der Waals surface area (Å²) in [5.74, 6) is -0.504. The summed E-state index contributed by atoms with van der Waals surface area (Å²) in [5, 5.41) is 8.53. The third-order valence-corrected chi connectivity index (χ3v) is 6.34. The molecular formula is C18H18N4O3S2. The van der Waals surface area contributed by atoms with Gasteiger partial charge in [0.05, 0.1) is 10.6 Å². The maximum Gasteiger partial charge on any atom is 0.227 e. The molecule has 0 unspecified atom stereocenters. The molecule has 2 aromatic carbocycles. The molecule has 1 amide bonds. The largest absolute Gasteiger partial charge is 0.369 e. The fraction of sp³-hybridized carbons (Fsp3) is 0.167. The number of carbonyl (C=O) groups is 1. The van der Waals surface area contributed by atoms with Gasteiger partial charge < -0.3 is 5.73 Å². The molecule has 1 aromatic heterocycles. The van der Waals surface area contributed by atoms with Crippen LogP contribution in [0.5, 0.6) is 0 Å². The maximum absolute atomic E-state index is 12.8. The fourth-order valence-electron chi connectivity index (χ4n) is 2.46. The molecule has 0 saturated carbocycles. The number of aryl methyl sites for hydroxylation is 1. The third kappa shape index (κ3) is 4.55. The summed E-state index contributed by atoms with van der Waals surface area (Å²) in [6, 6.07) is 15.8. The average Bonchev–Trinajstić information content (AvgIpc) is 3.03. The van der Waals surface area contributed by atoms with Crippen LogP contribution >= 0.6 is 11.8 Å². The van der Waals surface area contributed by atoms with Crippen LogP contribution in [0.25, 0.3) is 5.69 Å². The first-order chi connectivity index (χ1) is 12.9. The molecule has 0 aliphatic rings. The van der Waals surface area contributed by atoms with Gasteiger partial charge in [-0.3, -0.25) is 9.36 Å². The van der Waals surface area contributed by atoms with Gasteiger partial charge in [0, 0.05) is 5.69 Å². The molecule has 0 atom stereocenters. The van der Waals surface area contributed by atoms with Gasteiger partial charge in [-0.05, 0) is 31.2 Å². The van der Waals surface area contributed by atoms with Crippen LogP contribution in [0, 0.1) is 6.92 Å². The van der Waals surface area contributed by atoms with E-state index in [4.69, 9.17) is 5.73 Å². The Morgan fingerprint density at radius 2 is 1.74 bits per heavy atom. The molecule has 0 saturated heterocycles. The van der Waals surface area contributed by atoms with Crippen molar-refractivity contribution in [3.63, 3.8) is 0 Å². The highest BCUT2D eigenvalue weighted by Crippen LogP contribution is 2.24. The minimum atomic E-state index is -3.60. The molecular weight excluding hydrogens is 384 g/mol. The van der Waals surface area contributed by atoms with E-state index in [2.05, 4.69) is 10.2 Å². The predicted molar refractivity (Wildman–Crippen MR) is 103 cm³/mol. The summed E-state index contributed by atoms with van der Waals surface area (Å²) < 4.78 is 27.3. The van der Waals surface area contributed by atoms with Crippen molar-refractivity contribution in [2.45, 2.75) is 22.7 Å². The summed E-state index contributed by atoms with van der Waals surface area (Å²) in [4.78, 5) is 11.3. The van der Waals surface area contributed by atoms with Crippen LogP contribution in [0.1, 0.15) is 11.4 Å². The van der Waals surface area contributed by atoms with Gasteiger partial charge in [-0.1, -0.05) is 47.7 Å². The zero-order chi connectivity index (χ0) is 19.4. The molecule has 0 fully saturated rings. The fourth-order valence-corrected chi connectivity index (χ4v) is 4.41. The number of primary amides is 1. The Morgan fingerprint density at radius 1 is 1.07 bits per heavy atom. The minimum absolute atomic E-state index is 0.0235. The van der Waals surface area contributed by atoms with E-state index < -0.39 is 15.7 Å². The molecule has 7 nitrogen and oxygen atoms in total. The summed E-state index contributed by atoms with van der Waals surface area (Å²) >= 11 is 1.11. The molecule has 0 spiro atoms. The number of carbonyl (C=O) groups excluding carboxylic acids is 1. The molecule has 0 radical (unpaired) electrons. The number of para-hydroxylation sites is 1. The van der Waals surface area contributed by atoms with Crippen LogP contribution in [0.4, 0.5) is 0 Å². The van der Waals surface area contributed by atoms with Gasteiger partial charge in [0.25, 0.3) is 0 Å². The zero-order valence-electron chi connectivity index (χ0n) is 14.6. The predicted octanol–water partition coefficient (Wildman–Crippen LogP) is 2.13. The number of benzene rings is 2. The highest BCUT2D eigenvalue weighted by atomic mass is 32.2. The van der Waals surface area contributed by atoms with Crippen molar-refractivity contribution in [2.24, 2.45) is 5.73 Å². The van der Waals surface area contributed by atoms with Crippen molar-refractivity contribution in [1.82, 2.24) is 14.8 Å². The number of hydrogen-bond donors (Lipinski definition) is 1. The van der Waals surface area contributed by atoms with Gasteiger partial charge in [-0.25, -0.2) is 8.42 Å². The minimum Gasteiger partial charge on any atom is -0.369 e. The Morgan fingerprint density at radius 3 is 2.37 bits per heavy atom. The van der Waals surface area contributed by atoms with E-state index in [0.717, 1.165) is 17.3 Å². The van der Waals surface area contributed by atoms with E-state index in [1.54, 1.807) is 28.8 Å². The average molecular weight is 403 g/mol. The van der Waals surface area contributed by atoms with Crippen molar-refractivity contribution in [1.29, 1.82) is 0 Å². The van der Waals surface area contributed by atoms with Gasteiger partial charge in [-0.15, -0.1) is 10.2 Å². The third-order valence-electron chi connectivity index (χ3n) is 3.76. The lowest BCUT2D eigenvalue weighted by Gasteiger charge is -2.10. The highest BCUT2D eigenvalue weighted by molar-refractivity contribution is 7.99.